The van der Waals surface area contributed by atoms with Gasteiger partial charge in [0, 0.05) is 18.0 Å². The first-order chi connectivity index (χ1) is 10.2. The Kier molecular flexibility index (Phi) is 3.46. The van der Waals surface area contributed by atoms with Crippen LogP contribution in [0, 0.1) is 0 Å². The van der Waals surface area contributed by atoms with Crippen molar-refractivity contribution in [3.63, 3.8) is 0 Å². The summed E-state index contributed by atoms with van der Waals surface area (Å²) < 4.78 is 5.04. The van der Waals surface area contributed by atoms with Crippen molar-refractivity contribution in [3.05, 3.63) is 54.5 Å². The third-order valence-electron chi connectivity index (χ3n) is 2.94. The van der Waals surface area contributed by atoms with E-state index in [9.17, 15) is 4.79 Å². The van der Waals surface area contributed by atoms with Crippen molar-refractivity contribution in [3.8, 4) is 11.4 Å². The van der Waals surface area contributed by atoms with Crippen LogP contribution in [-0.4, -0.2) is 26.1 Å². The number of hydrogen-bond acceptors (Lipinski definition) is 5. The first kappa shape index (κ1) is 13.0. The third-order valence-corrected chi connectivity index (χ3v) is 2.94. The molecule has 3 rings (SSSR count). The number of nitrogens with zero attached hydrogens (tertiary/aromatic N) is 3. The Balaban J connectivity index is 1.73. The topological polar surface area (TPSA) is 96.7 Å². The van der Waals surface area contributed by atoms with Crippen LogP contribution in [0.1, 0.15) is 29.3 Å². The molecule has 0 saturated carbocycles. The average Bonchev–Trinajstić information content (AvgIpc) is 3.20. The van der Waals surface area contributed by atoms with Gasteiger partial charge in [0.25, 0.3) is 5.91 Å². The molecule has 0 aliphatic carbocycles. The van der Waals surface area contributed by atoms with Crippen LogP contribution in [0.25, 0.3) is 11.4 Å². The van der Waals surface area contributed by atoms with Gasteiger partial charge in [0.1, 0.15) is 5.82 Å². The summed E-state index contributed by atoms with van der Waals surface area (Å²) in [4.78, 5) is 20.2. The molecule has 0 aliphatic heterocycles. The predicted molar refractivity (Wildman–Crippen MR) is 74.2 cm³/mol. The second-order valence-corrected chi connectivity index (χ2v) is 4.45. The normalized spacial score (nSPS) is 12.0. The van der Waals surface area contributed by atoms with Gasteiger partial charge in [0.15, 0.2) is 11.6 Å². The van der Waals surface area contributed by atoms with Crippen molar-refractivity contribution in [2.45, 2.75) is 13.0 Å². The summed E-state index contributed by atoms with van der Waals surface area (Å²) in [6.07, 6.45) is 4.80. The van der Waals surface area contributed by atoms with Crippen molar-refractivity contribution in [1.82, 2.24) is 25.5 Å². The van der Waals surface area contributed by atoms with E-state index in [1.165, 1.54) is 6.26 Å². The number of furan rings is 1. The van der Waals surface area contributed by atoms with Crippen LogP contribution in [0.2, 0.25) is 0 Å². The molecule has 0 saturated heterocycles. The van der Waals surface area contributed by atoms with Gasteiger partial charge in [-0.25, -0.2) is 4.98 Å². The average molecular weight is 283 g/mol. The van der Waals surface area contributed by atoms with Crippen molar-refractivity contribution in [2.75, 3.05) is 0 Å². The van der Waals surface area contributed by atoms with E-state index in [4.69, 9.17) is 4.42 Å². The summed E-state index contributed by atoms with van der Waals surface area (Å²) in [6.45, 7) is 1.82. The highest BCUT2D eigenvalue weighted by Crippen LogP contribution is 2.16. The number of pyridine rings is 1. The molecule has 0 radical (unpaired) electrons. The maximum Gasteiger partial charge on any atom is 0.287 e. The summed E-state index contributed by atoms with van der Waals surface area (Å²) in [6, 6.07) is 6.59. The Morgan fingerprint density at radius 3 is 2.86 bits per heavy atom. The molecule has 0 bridgehead atoms. The summed E-state index contributed by atoms with van der Waals surface area (Å²) in [5, 5.41) is 9.75. The number of aromatic nitrogens is 4. The molecule has 0 aliphatic rings. The number of H-pyrrole nitrogens is 1. The minimum absolute atomic E-state index is 0.260. The van der Waals surface area contributed by atoms with Crippen molar-refractivity contribution < 1.29 is 9.21 Å². The Morgan fingerprint density at radius 1 is 1.33 bits per heavy atom. The highest BCUT2D eigenvalue weighted by Gasteiger charge is 2.17. The quantitative estimate of drug-likeness (QED) is 0.762. The molecular formula is C14H13N5O2. The lowest BCUT2D eigenvalue weighted by Gasteiger charge is -2.09. The smallest absolute Gasteiger partial charge is 0.287 e. The molecule has 7 nitrogen and oxygen atoms in total. The molecule has 2 N–H and O–H groups in total. The maximum atomic E-state index is 11.9. The molecule has 3 aromatic rings. The molecule has 7 heteroatoms. The van der Waals surface area contributed by atoms with Gasteiger partial charge in [-0.3, -0.25) is 14.9 Å². The molecule has 0 fully saturated rings. The molecule has 106 valence electrons. The molecule has 21 heavy (non-hydrogen) atoms. The van der Waals surface area contributed by atoms with Gasteiger partial charge in [-0.2, -0.15) is 5.10 Å². The molecular weight excluding hydrogens is 270 g/mol. The number of hydrogen-bond donors (Lipinski definition) is 2. The molecule has 0 aromatic carbocycles. The van der Waals surface area contributed by atoms with Crippen LogP contribution in [0.5, 0.6) is 0 Å². The Bertz CT molecular complexity index is 721. The fraction of sp³-hybridized carbons (Fsp3) is 0.143. The minimum atomic E-state index is -0.314. The molecule has 0 unspecified atom stereocenters. The molecule has 3 aromatic heterocycles. The van der Waals surface area contributed by atoms with Gasteiger partial charge >= 0.3 is 0 Å². The second-order valence-electron chi connectivity index (χ2n) is 4.45. The number of carbonyl (C=O) groups excluding carboxylic acids is 1. The van der Waals surface area contributed by atoms with Gasteiger partial charge in [-0.1, -0.05) is 0 Å². The fourth-order valence-corrected chi connectivity index (χ4v) is 1.84. The lowest BCUT2D eigenvalue weighted by Crippen LogP contribution is -2.27. The van der Waals surface area contributed by atoms with E-state index in [-0.39, 0.29) is 17.7 Å². The van der Waals surface area contributed by atoms with E-state index in [0.717, 1.165) is 5.56 Å². The summed E-state index contributed by atoms with van der Waals surface area (Å²) in [5.74, 6) is 1.10. The highest BCUT2D eigenvalue weighted by atomic mass is 16.3. The number of nitrogens with one attached hydrogen (secondary N) is 2. The highest BCUT2D eigenvalue weighted by molar-refractivity contribution is 5.91. The van der Waals surface area contributed by atoms with Gasteiger partial charge in [-0.05, 0) is 31.2 Å². The van der Waals surface area contributed by atoms with E-state index in [1.807, 2.05) is 19.1 Å². The fourth-order valence-electron chi connectivity index (χ4n) is 1.84. The second kappa shape index (κ2) is 5.58. The predicted octanol–water partition coefficient (Wildman–Crippen LogP) is 1.95. The lowest BCUT2D eigenvalue weighted by atomic mass is 10.2. The van der Waals surface area contributed by atoms with Crippen molar-refractivity contribution in [2.24, 2.45) is 0 Å². The number of amides is 1. The third kappa shape index (κ3) is 2.81. The van der Waals surface area contributed by atoms with E-state index in [1.54, 1.807) is 24.5 Å². The molecule has 1 amide bonds. The van der Waals surface area contributed by atoms with E-state index < -0.39 is 0 Å². The van der Waals surface area contributed by atoms with Crippen LogP contribution < -0.4 is 5.32 Å². The molecule has 1 atom stereocenters. The van der Waals surface area contributed by atoms with E-state index in [0.29, 0.717) is 11.6 Å². The van der Waals surface area contributed by atoms with Gasteiger partial charge in [-0.15, -0.1) is 0 Å². The Labute approximate surface area is 120 Å². The number of rotatable bonds is 4. The lowest BCUT2D eigenvalue weighted by molar-refractivity contribution is 0.0910. The van der Waals surface area contributed by atoms with Crippen molar-refractivity contribution >= 4 is 5.91 Å². The van der Waals surface area contributed by atoms with Gasteiger partial charge in [0.05, 0.1) is 12.3 Å². The standard InChI is InChI=1S/C14H13N5O2/c1-9(16-14(20)11-3-2-8-21-11)12-17-13(19-18-12)10-4-6-15-7-5-10/h2-9H,1H3,(H,16,20)(H,17,18,19)/t9-/m1/s1. The minimum Gasteiger partial charge on any atom is -0.459 e. The van der Waals surface area contributed by atoms with Crippen LogP contribution in [0.15, 0.2) is 47.3 Å². The maximum absolute atomic E-state index is 11.9. The SMILES string of the molecule is C[C@@H](NC(=O)c1ccco1)c1nc(-c2ccncc2)n[nH]1. The zero-order valence-electron chi connectivity index (χ0n) is 11.3. The molecule has 3 heterocycles. The number of aromatic amines is 1. The Morgan fingerprint density at radius 2 is 2.14 bits per heavy atom. The van der Waals surface area contributed by atoms with Gasteiger partial charge < -0.3 is 9.73 Å². The zero-order valence-corrected chi connectivity index (χ0v) is 11.3. The number of carbonyl (C=O) groups is 1. The Hall–Kier alpha value is -2.96. The van der Waals surface area contributed by atoms with Crippen molar-refractivity contribution in [1.29, 1.82) is 0 Å². The van der Waals surface area contributed by atoms with Crippen LogP contribution in [0.3, 0.4) is 0 Å². The van der Waals surface area contributed by atoms with E-state index in [2.05, 4.69) is 25.5 Å². The van der Waals surface area contributed by atoms with E-state index >= 15 is 0 Å². The zero-order chi connectivity index (χ0) is 14.7. The largest absolute Gasteiger partial charge is 0.459 e. The monoisotopic (exact) mass is 283 g/mol. The molecule has 0 spiro atoms. The summed E-state index contributed by atoms with van der Waals surface area (Å²) >= 11 is 0. The van der Waals surface area contributed by atoms with Crippen LogP contribution >= 0.6 is 0 Å². The summed E-state index contributed by atoms with van der Waals surface area (Å²) in [7, 11) is 0. The van der Waals surface area contributed by atoms with Crippen LogP contribution in [0.4, 0.5) is 0 Å². The first-order valence-corrected chi connectivity index (χ1v) is 6.41. The summed E-state index contributed by atoms with van der Waals surface area (Å²) in [5.41, 5.74) is 0.858. The van der Waals surface area contributed by atoms with Crippen LogP contribution in [-0.2, 0) is 0 Å². The first-order valence-electron chi connectivity index (χ1n) is 6.41. The van der Waals surface area contributed by atoms with Gasteiger partial charge in [0.2, 0.25) is 0 Å².